The van der Waals surface area contributed by atoms with E-state index in [0.29, 0.717) is 38.5 Å². The van der Waals surface area contributed by atoms with Gasteiger partial charge < -0.3 is 14.4 Å². The lowest BCUT2D eigenvalue weighted by atomic mass is 9.63. The zero-order valence-corrected chi connectivity index (χ0v) is 18.6. The van der Waals surface area contributed by atoms with Crippen LogP contribution in [0.3, 0.4) is 0 Å². The SMILES string of the molecule is COc1cc(OC)c(Cl)c(-c2nc(N3CC4(CCC4)C3)c3cc(Cl)ncc3n2)c1C. The molecule has 3 heterocycles. The van der Waals surface area contributed by atoms with Gasteiger partial charge in [0.25, 0.3) is 0 Å². The van der Waals surface area contributed by atoms with Crippen LogP contribution in [-0.4, -0.2) is 42.3 Å². The molecule has 1 aliphatic heterocycles. The number of pyridine rings is 1. The first-order valence-electron chi connectivity index (χ1n) is 9.94. The van der Waals surface area contributed by atoms with Gasteiger partial charge in [-0.25, -0.2) is 15.0 Å². The van der Waals surface area contributed by atoms with Gasteiger partial charge in [-0.15, -0.1) is 0 Å². The number of fused-ring (bicyclic) bond motifs is 1. The first kappa shape index (κ1) is 19.6. The third kappa shape index (κ3) is 2.96. The molecule has 0 amide bonds. The molecule has 3 aromatic rings. The van der Waals surface area contributed by atoms with E-state index in [4.69, 9.17) is 42.6 Å². The molecular formula is C22H22Cl2N4O2. The van der Waals surface area contributed by atoms with E-state index in [1.807, 2.05) is 13.0 Å². The Hall–Kier alpha value is -2.31. The van der Waals surface area contributed by atoms with Crippen molar-refractivity contribution < 1.29 is 9.47 Å². The highest BCUT2D eigenvalue weighted by atomic mass is 35.5. The number of anilines is 1. The van der Waals surface area contributed by atoms with Gasteiger partial charge in [0.1, 0.15) is 22.5 Å². The molecule has 8 heteroatoms. The summed E-state index contributed by atoms with van der Waals surface area (Å²) in [7, 11) is 3.20. The monoisotopic (exact) mass is 444 g/mol. The van der Waals surface area contributed by atoms with Gasteiger partial charge in [0, 0.05) is 41.1 Å². The predicted octanol–water partition coefficient (Wildman–Crippen LogP) is 5.31. The van der Waals surface area contributed by atoms with E-state index in [2.05, 4.69) is 9.88 Å². The molecule has 0 atom stereocenters. The van der Waals surface area contributed by atoms with E-state index in [9.17, 15) is 0 Å². The summed E-state index contributed by atoms with van der Waals surface area (Å²) in [6.07, 6.45) is 5.59. The molecular weight excluding hydrogens is 423 g/mol. The first-order chi connectivity index (χ1) is 14.4. The summed E-state index contributed by atoms with van der Waals surface area (Å²) >= 11 is 12.9. The molecule has 5 rings (SSSR count). The maximum Gasteiger partial charge on any atom is 0.164 e. The van der Waals surface area contributed by atoms with Crippen molar-refractivity contribution in [3.05, 3.63) is 34.1 Å². The van der Waals surface area contributed by atoms with Crippen molar-refractivity contribution in [2.24, 2.45) is 5.41 Å². The second-order valence-corrected chi connectivity index (χ2v) is 8.96. The number of hydrogen-bond acceptors (Lipinski definition) is 6. The molecule has 0 unspecified atom stereocenters. The number of methoxy groups -OCH3 is 2. The molecule has 1 aromatic carbocycles. The van der Waals surface area contributed by atoms with E-state index in [1.165, 1.54) is 19.3 Å². The Labute approximate surface area is 185 Å². The van der Waals surface area contributed by atoms with Crippen LogP contribution < -0.4 is 14.4 Å². The molecule has 1 saturated carbocycles. The fourth-order valence-electron chi connectivity index (χ4n) is 4.58. The van der Waals surface area contributed by atoms with Crippen LogP contribution in [0.2, 0.25) is 10.2 Å². The summed E-state index contributed by atoms with van der Waals surface area (Å²) in [6.45, 7) is 3.96. The van der Waals surface area contributed by atoms with Crippen molar-refractivity contribution >= 4 is 39.9 Å². The fraction of sp³-hybridized carbons (Fsp3) is 0.409. The Morgan fingerprint density at radius 2 is 1.77 bits per heavy atom. The van der Waals surface area contributed by atoms with Crippen molar-refractivity contribution in [1.82, 2.24) is 15.0 Å². The van der Waals surface area contributed by atoms with Crippen LogP contribution in [0, 0.1) is 12.3 Å². The predicted molar refractivity (Wildman–Crippen MR) is 119 cm³/mol. The molecule has 2 aromatic heterocycles. The summed E-state index contributed by atoms with van der Waals surface area (Å²) in [5, 5.41) is 1.79. The summed E-state index contributed by atoms with van der Waals surface area (Å²) in [5.41, 5.74) is 2.74. The van der Waals surface area contributed by atoms with E-state index < -0.39 is 0 Å². The van der Waals surface area contributed by atoms with Crippen LogP contribution in [0.5, 0.6) is 11.5 Å². The average Bonchev–Trinajstić information content (AvgIpc) is 2.66. The summed E-state index contributed by atoms with van der Waals surface area (Å²) in [5.74, 6) is 2.58. The lowest BCUT2D eigenvalue weighted by Gasteiger charge is -2.56. The normalized spacial score (nSPS) is 17.0. The van der Waals surface area contributed by atoms with Crippen LogP contribution >= 0.6 is 23.2 Å². The van der Waals surface area contributed by atoms with Gasteiger partial charge in [-0.1, -0.05) is 29.6 Å². The number of benzene rings is 1. The first-order valence-corrected chi connectivity index (χ1v) is 10.7. The van der Waals surface area contributed by atoms with E-state index in [0.717, 1.165) is 35.4 Å². The smallest absolute Gasteiger partial charge is 0.164 e. The third-order valence-electron chi connectivity index (χ3n) is 6.40. The zero-order valence-electron chi connectivity index (χ0n) is 17.1. The number of ether oxygens (including phenoxy) is 2. The standard InChI is InChI=1S/C22H22Cl2N4O2/c1-12-15(29-2)8-16(30-3)19(24)18(12)20-26-14-9-25-17(23)7-13(14)21(27-20)28-10-22(11-28)5-4-6-22/h7-9H,4-6,10-11H2,1-3H3. The molecule has 1 aliphatic carbocycles. The molecule has 0 N–H and O–H groups in total. The molecule has 30 heavy (non-hydrogen) atoms. The van der Waals surface area contributed by atoms with Crippen molar-refractivity contribution in [3.8, 4) is 22.9 Å². The van der Waals surface area contributed by atoms with Gasteiger partial charge >= 0.3 is 0 Å². The van der Waals surface area contributed by atoms with Crippen LogP contribution in [0.4, 0.5) is 5.82 Å². The minimum atomic E-state index is 0.427. The number of rotatable bonds is 4. The quantitative estimate of drug-likeness (QED) is 0.507. The number of halogens is 2. The van der Waals surface area contributed by atoms with E-state index in [1.54, 1.807) is 26.5 Å². The van der Waals surface area contributed by atoms with Gasteiger partial charge in [-0.3, -0.25) is 0 Å². The largest absolute Gasteiger partial charge is 0.496 e. The topological polar surface area (TPSA) is 60.4 Å². The number of aromatic nitrogens is 3. The maximum atomic E-state index is 6.70. The second-order valence-electron chi connectivity index (χ2n) is 8.20. The number of nitrogens with zero attached hydrogens (tertiary/aromatic N) is 4. The number of hydrogen-bond donors (Lipinski definition) is 0. The Kier molecular flexibility index (Phi) is 4.67. The Balaban J connectivity index is 1.70. The lowest BCUT2D eigenvalue weighted by molar-refractivity contribution is 0.0899. The third-order valence-corrected chi connectivity index (χ3v) is 6.98. The molecule has 1 spiro atoms. The van der Waals surface area contributed by atoms with Crippen LogP contribution in [0.1, 0.15) is 24.8 Å². The maximum absolute atomic E-state index is 6.70. The average molecular weight is 445 g/mol. The Bertz CT molecular complexity index is 1130. The van der Waals surface area contributed by atoms with Gasteiger partial charge in [0.05, 0.1) is 31.0 Å². The summed E-state index contributed by atoms with van der Waals surface area (Å²) < 4.78 is 11.0. The molecule has 1 saturated heterocycles. The fourth-order valence-corrected chi connectivity index (χ4v) is 5.09. The Morgan fingerprint density at radius 1 is 1.03 bits per heavy atom. The highest BCUT2D eigenvalue weighted by Gasteiger charge is 2.48. The van der Waals surface area contributed by atoms with Crippen molar-refractivity contribution in [3.63, 3.8) is 0 Å². The van der Waals surface area contributed by atoms with Crippen molar-refractivity contribution in [2.75, 3.05) is 32.2 Å². The van der Waals surface area contributed by atoms with Gasteiger partial charge in [0.2, 0.25) is 0 Å². The Morgan fingerprint density at radius 3 is 2.40 bits per heavy atom. The molecule has 156 valence electrons. The van der Waals surface area contributed by atoms with Crippen molar-refractivity contribution in [1.29, 1.82) is 0 Å². The van der Waals surface area contributed by atoms with E-state index in [-0.39, 0.29) is 0 Å². The van der Waals surface area contributed by atoms with Crippen LogP contribution in [0.25, 0.3) is 22.3 Å². The molecule has 6 nitrogen and oxygen atoms in total. The highest BCUT2D eigenvalue weighted by Crippen LogP contribution is 2.50. The minimum Gasteiger partial charge on any atom is -0.496 e. The lowest BCUT2D eigenvalue weighted by Crippen LogP contribution is -2.60. The van der Waals surface area contributed by atoms with Gasteiger partial charge in [-0.2, -0.15) is 0 Å². The molecule has 2 fully saturated rings. The van der Waals surface area contributed by atoms with Crippen LogP contribution in [-0.2, 0) is 0 Å². The molecule has 0 radical (unpaired) electrons. The van der Waals surface area contributed by atoms with Crippen molar-refractivity contribution in [2.45, 2.75) is 26.2 Å². The second kappa shape index (κ2) is 7.13. The summed E-state index contributed by atoms with van der Waals surface area (Å²) in [6, 6.07) is 3.61. The zero-order chi connectivity index (χ0) is 21.0. The molecule has 2 aliphatic rings. The molecule has 0 bridgehead atoms. The highest BCUT2D eigenvalue weighted by molar-refractivity contribution is 6.35. The van der Waals surface area contributed by atoms with Gasteiger partial charge in [0.15, 0.2) is 5.82 Å². The summed E-state index contributed by atoms with van der Waals surface area (Å²) in [4.78, 5) is 16.3. The van der Waals surface area contributed by atoms with Crippen LogP contribution in [0.15, 0.2) is 18.3 Å². The van der Waals surface area contributed by atoms with Gasteiger partial charge in [-0.05, 0) is 25.8 Å². The minimum absolute atomic E-state index is 0.427. The van der Waals surface area contributed by atoms with E-state index >= 15 is 0 Å².